The zero-order valence-corrected chi connectivity index (χ0v) is 32.2. The molecule has 1 aliphatic heterocycles. The van der Waals surface area contributed by atoms with Gasteiger partial charge in [-0.2, -0.15) is 0 Å². The van der Waals surface area contributed by atoms with Gasteiger partial charge in [-0.3, -0.25) is 4.79 Å². The summed E-state index contributed by atoms with van der Waals surface area (Å²) >= 11 is 0. The first kappa shape index (κ1) is 33.6. The minimum atomic E-state index is -0.469. The summed E-state index contributed by atoms with van der Waals surface area (Å²) in [5.74, 6) is 3.50. The SMILES string of the molecule is C=C(C)C1CCC[C@]23Oc4c(cc5c(c4C)C=CC4[C@@]5(C)CC[C@@]5(C)C6C[C@](C)(C(=O)OC)CC[C@]6(C)CC[C@]45C)O[C@@]2(C1)C(C)=CC3C. The number of rotatable bonds is 2. The van der Waals surface area contributed by atoms with Crippen LogP contribution < -0.4 is 9.47 Å². The van der Waals surface area contributed by atoms with E-state index in [0.29, 0.717) is 17.8 Å². The van der Waals surface area contributed by atoms with Gasteiger partial charge in [-0.15, -0.1) is 0 Å². The van der Waals surface area contributed by atoms with Crippen molar-refractivity contribution in [3.8, 4) is 11.5 Å². The lowest BCUT2D eigenvalue weighted by molar-refractivity contribution is -0.205. The topological polar surface area (TPSA) is 44.8 Å². The van der Waals surface area contributed by atoms with Gasteiger partial charge < -0.3 is 14.2 Å². The van der Waals surface area contributed by atoms with E-state index in [1.54, 1.807) is 7.11 Å². The molecule has 1 aromatic rings. The van der Waals surface area contributed by atoms with Crippen LogP contribution in [0.1, 0.15) is 143 Å². The number of hydrogen-bond acceptors (Lipinski definition) is 4. The highest BCUT2D eigenvalue weighted by molar-refractivity contribution is 5.76. The van der Waals surface area contributed by atoms with E-state index in [-0.39, 0.29) is 39.1 Å². The summed E-state index contributed by atoms with van der Waals surface area (Å²) in [5.41, 5.74) is 5.86. The Labute approximate surface area is 296 Å². The second-order valence-electron chi connectivity index (χ2n) is 19.5. The molecule has 8 rings (SSSR count). The Morgan fingerprint density at radius 2 is 1.65 bits per heavy atom. The Bertz CT molecular complexity index is 1700. The summed E-state index contributed by atoms with van der Waals surface area (Å²) < 4.78 is 20.4. The van der Waals surface area contributed by atoms with Crippen molar-refractivity contribution in [2.24, 2.45) is 45.3 Å². The Morgan fingerprint density at radius 3 is 2.37 bits per heavy atom. The van der Waals surface area contributed by atoms with E-state index in [9.17, 15) is 4.79 Å². The van der Waals surface area contributed by atoms with Crippen molar-refractivity contribution in [3.63, 3.8) is 0 Å². The second-order valence-corrected chi connectivity index (χ2v) is 19.5. The number of benzene rings is 1. The molecule has 4 saturated carbocycles. The molecule has 0 spiro atoms. The van der Waals surface area contributed by atoms with E-state index in [4.69, 9.17) is 14.2 Å². The molecule has 0 N–H and O–H groups in total. The van der Waals surface area contributed by atoms with Crippen LogP contribution in [0.4, 0.5) is 0 Å². The van der Waals surface area contributed by atoms with Crippen LogP contribution in [0.3, 0.4) is 0 Å². The average Bonchev–Trinajstić information content (AvgIpc) is 3.16. The third kappa shape index (κ3) is 4.01. The van der Waals surface area contributed by atoms with E-state index in [1.807, 2.05) is 0 Å². The maximum absolute atomic E-state index is 13.2. The lowest BCUT2D eigenvalue weighted by Gasteiger charge is -2.71. The third-order valence-corrected chi connectivity index (χ3v) is 17.3. The molecule has 4 heteroatoms. The van der Waals surface area contributed by atoms with Gasteiger partial charge in [0.2, 0.25) is 0 Å². The molecule has 1 aromatic carbocycles. The van der Waals surface area contributed by atoms with Gasteiger partial charge >= 0.3 is 5.97 Å². The number of allylic oxidation sites excluding steroid dienone is 2. The van der Waals surface area contributed by atoms with Crippen molar-refractivity contribution in [3.05, 3.63) is 52.6 Å². The van der Waals surface area contributed by atoms with Gasteiger partial charge in [0.05, 0.1) is 12.5 Å². The fourth-order valence-corrected chi connectivity index (χ4v) is 13.8. The van der Waals surface area contributed by atoms with Gasteiger partial charge in [-0.05, 0) is 149 Å². The number of carbonyl (C=O) groups is 1. The van der Waals surface area contributed by atoms with Crippen molar-refractivity contribution in [1.29, 1.82) is 0 Å². The Kier molecular flexibility index (Phi) is 7.08. The molecule has 0 bridgehead atoms. The Morgan fingerprint density at radius 1 is 0.939 bits per heavy atom. The van der Waals surface area contributed by atoms with Crippen LogP contribution in [0.5, 0.6) is 11.5 Å². The number of esters is 1. The van der Waals surface area contributed by atoms with Gasteiger partial charge in [0, 0.05) is 23.3 Å². The van der Waals surface area contributed by atoms with Crippen molar-refractivity contribution in [2.45, 2.75) is 150 Å². The maximum atomic E-state index is 13.2. The molecule has 49 heavy (non-hydrogen) atoms. The van der Waals surface area contributed by atoms with Crippen LogP contribution in [-0.2, 0) is 14.9 Å². The van der Waals surface area contributed by atoms with Crippen LogP contribution in [-0.4, -0.2) is 24.3 Å². The third-order valence-electron chi connectivity index (χ3n) is 17.3. The van der Waals surface area contributed by atoms with Crippen LogP contribution in [0.25, 0.3) is 6.08 Å². The monoisotopic (exact) mass is 666 g/mol. The van der Waals surface area contributed by atoms with E-state index >= 15 is 0 Å². The summed E-state index contributed by atoms with van der Waals surface area (Å²) in [5, 5.41) is 0. The van der Waals surface area contributed by atoms with Crippen molar-refractivity contribution < 1.29 is 19.0 Å². The maximum Gasteiger partial charge on any atom is 0.311 e. The second kappa shape index (κ2) is 10.3. The molecular weight excluding hydrogens is 604 g/mol. The van der Waals surface area contributed by atoms with Gasteiger partial charge in [-0.25, -0.2) is 0 Å². The highest BCUT2D eigenvalue weighted by Crippen LogP contribution is 2.75. The Balaban J connectivity index is 1.21. The first-order valence-electron chi connectivity index (χ1n) is 19.6. The number of methoxy groups -OCH3 is 1. The summed E-state index contributed by atoms with van der Waals surface area (Å²) in [6.45, 7) is 26.0. The van der Waals surface area contributed by atoms with Crippen molar-refractivity contribution in [1.82, 2.24) is 0 Å². The zero-order valence-electron chi connectivity index (χ0n) is 32.2. The van der Waals surface area contributed by atoms with Gasteiger partial charge in [0.1, 0.15) is 0 Å². The first-order valence-corrected chi connectivity index (χ1v) is 19.6. The number of carbonyl (C=O) groups excluding carboxylic acids is 1. The van der Waals surface area contributed by atoms with Crippen LogP contribution >= 0.6 is 0 Å². The van der Waals surface area contributed by atoms with E-state index in [2.05, 4.69) is 93.2 Å². The van der Waals surface area contributed by atoms with E-state index < -0.39 is 11.0 Å². The predicted octanol–water partition coefficient (Wildman–Crippen LogP) is 11.1. The lowest BCUT2D eigenvalue weighted by atomic mass is 9.33. The molecule has 4 fully saturated rings. The van der Waals surface area contributed by atoms with Crippen molar-refractivity contribution in [2.75, 3.05) is 7.11 Å². The quantitative estimate of drug-likeness (QED) is 0.233. The fraction of sp³-hybridized carbons (Fsp3) is 0.711. The van der Waals surface area contributed by atoms with Gasteiger partial charge in [0.25, 0.3) is 0 Å². The summed E-state index contributed by atoms with van der Waals surface area (Å²) in [7, 11) is 1.57. The highest BCUT2D eigenvalue weighted by atomic mass is 16.6. The zero-order chi connectivity index (χ0) is 35.2. The molecule has 0 saturated heterocycles. The molecule has 4 nitrogen and oxygen atoms in total. The van der Waals surface area contributed by atoms with Crippen LogP contribution in [0.15, 0.2) is 35.9 Å². The molecule has 0 aromatic heterocycles. The van der Waals surface area contributed by atoms with Gasteiger partial charge in [0.15, 0.2) is 22.7 Å². The minimum Gasteiger partial charge on any atom is -0.478 e. The average molecular weight is 667 g/mol. The summed E-state index contributed by atoms with van der Waals surface area (Å²) in [4.78, 5) is 13.2. The van der Waals surface area contributed by atoms with Crippen LogP contribution in [0.2, 0.25) is 0 Å². The Hall–Kier alpha value is -2.49. The largest absolute Gasteiger partial charge is 0.478 e. The first-order chi connectivity index (χ1) is 22.9. The molecule has 6 aliphatic carbocycles. The minimum absolute atomic E-state index is 0.0146. The van der Waals surface area contributed by atoms with E-state index in [0.717, 1.165) is 62.9 Å². The molecule has 0 amide bonds. The summed E-state index contributed by atoms with van der Waals surface area (Å²) in [6, 6.07) is 2.43. The number of fused-ring (bicyclic) bond motifs is 8. The van der Waals surface area contributed by atoms with Crippen LogP contribution in [0, 0.1) is 52.3 Å². The fourth-order valence-electron chi connectivity index (χ4n) is 13.8. The molecule has 4 unspecified atom stereocenters. The smallest absolute Gasteiger partial charge is 0.311 e. The highest BCUT2D eigenvalue weighted by Gasteiger charge is 2.70. The number of hydrogen-bond donors (Lipinski definition) is 0. The predicted molar refractivity (Wildman–Crippen MR) is 198 cm³/mol. The molecular formula is C45H62O4. The lowest BCUT2D eigenvalue weighted by Crippen LogP contribution is -2.65. The molecule has 1 heterocycles. The molecule has 11 atom stereocenters. The standard InChI is InChI=1S/C45H62O4/c1-27(2)31-13-12-16-44-28(3)23-29(4)45(44,25-31)48-34-24-33-32(30(5)37(34)49-44)14-15-35-41(33,8)20-22-43(10)36-26-40(7,38(46)47-11)18-17-39(36,6)19-21-42(35,43)9/h14-15,23-24,28,31,35-36H,1,12-13,16-22,25-26H2,2-11H3/t28?,31?,35?,36?,39-,40-,41+,42-,43+,44-,45+/m1/s1. The molecule has 7 aliphatic rings. The molecule has 266 valence electrons. The molecule has 0 radical (unpaired) electrons. The number of ether oxygens (including phenoxy) is 3. The van der Waals surface area contributed by atoms with Crippen molar-refractivity contribution >= 4 is 12.0 Å². The summed E-state index contributed by atoms with van der Waals surface area (Å²) in [6.07, 6.45) is 19.4. The normalized spacial score (nSPS) is 47.6. The van der Waals surface area contributed by atoms with Gasteiger partial charge in [-0.1, -0.05) is 65.0 Å². The van der Waals surface area contributed by atoms with E-state index in [1.165, 1.54) is 47.1 Å².